The van der Waals surface area contributed by atoms with Crippen LogP contribution in [0.4, 0.5) is 5.95 Å². The summed E-state index contributed by atoms with van der Waals surface area (Å²) in [5, 5.41) is 29.9. The first kappa shape index (κ1) is 26.5. The summed E-state index contributed by atoms with van der Waals surface area (Å²) in [5.74, 6) is -1.80. The molecule has 1 fully saturated rings. The van der Waals surface area contributed by atoms with Crippen molar-refractivity contribution in [2.75, 3.05) is 12.3 Å². The van der Waals surface area contributed by atoms with Crippen molar-refractivity contribution in [2.24, 2.45) is 0 Å². The fourth-order valence-electron chi connectivity index (χ4n) is 3.85. The molecule has 1 aliphatic heterocycles. The monoisotopic (exact) mass is 542 g/mol. The van der Waals surface area contributed by atoms with Gasteiger partial charge in [-0.25, -0.2) is 9.55 Å². The van der Waals surface area contributed by atoms with Crippen LogP contribution in [0.1, 0.15) is 23.0 Å². The molecule has 0 aliphatic carbocycles. The van der Waals surface area contributed by atoms with Crippen molar-refractivity contribution >= 4 is 30.9 Å². The molecule has 3 aromatic rings. The van der Waals surface area contributed by atoms with Crippen LogP contribution in [-0.4, -0.2) is 75.6 Å². The molecule has 0 saturated carbocycles. The number of anilines is 1. The maximum Gasteiger partial charge on any atom is 0.527 e. The average Bonchev–Trinajstić information content (AvgIpc) is 3.34. The van der Waals surface area contributed by atoms with Crippen molar-refractivity contribution in [3.05, 3.63) is 43.9 Å². The molecule has 18 heteroatoms. The molecule has 8 N–H and O–H groups in total. The van der Waals surface area contributed by atoms with Crippen molar-refractivity contribution < 1.29 is 43.4 Å². The van der Waals surface area contributed by atoms with Crippen molar-refractivity contribution in [1.29, 1.82) is 0 Å². The van der Waals surface area contributed by atoms with Crippen LogP contribution in [0.25, 0.3) is 11.2 Å². The minimum atomic E-state index is -4.94. The number of H-pyrrole nitrogens is 2. The van der Waals surface area contributed by atoms with Gasteiger partial charge >= 0.3 is 13.8 Å². The number of carboxylic acids is 1. The highest BCUT2D eigenvalue weighted by molar-refractivity contribution is 7.47. The number of aliphatic carboxylic acids is 1. The number of nitrogens with two attached hydrogens (primary N) is 1. The highest BCUT2D eigenvalue weighted by atomic mass is 31.2. The predicted octanol–water partition coefficient (Wildman–Crippen LogP) is -1.55. The molecule has 0 aromatic carbocycles. The summed E-state index contributed by atoms with van der Waals surface area (Å²) in [7, 11) is -4.94. The molecular weight excluding hydrogens is 519 g/mol. The van der Waals surface area contributed by atoms with Gasteiger partial charge in [-0.2, -0.15) is 4.98 Å². The third kappa shape index (κ3) is 5.13. The maximum absolute atomic E-state index is 12.6. The zero-order valence-electron chi connectivity index (χ0n) is 19.3. The van der Waals surface area contributed by atoms with Gasteiger partial charge in [-0.05, 0) is 13.8 Å². The summed E-state index contributed by atoms with van der Waals surface area (Å²) >= 11 is 0. The molecule has 200 valence electrons. The zero-order chi connectivity index (χ0) is 27.2. The third-order valence-corrected chi connectivity index (χ3v) is 6.63. The number of aromatic amines is 2. The van der Waals surface area contributed by atoms with E-state index in [4.69, 9.17) is 24.6 Å². The number of phosphoric acid groups is 1. The number of rotatable bonds is 8. The summed E-state index contributed by atoms with van der Waals surface area (Å²) in [5.41, 5.74) is 4.06. The van der Waals surface area contributed by atoms with E-state index < -0.39 is 62.5 Å². The highest BCUT2D eigenvalue weighted by Crippen LogP contribution is 2.46. The molecule has 1 aliphatic rings. The van der Waals surface area contributed by atoms with E-state index in [0.717, 1.165) is 10.9 Å². The maximum atomic E-state index is 12.6. The second-order valence-electron chi connectivity index (χ2n) is 8.26. The van der Waals surface area contributed by atoms with Crippen LogP contribution >= 0.6 is 7.82 Å². The van der Waals surface area contributed by atoms with E-state index in [-0.39, 0.29) is 39.7 Å². The summed E-state index contributed by atoms with van der Waals surface area (Å²) < 4.78 is 29.4. The lowest BCUT2D eigenvalue weighted by Crippen LogP contribution is -2.33. The van der Waals surface area contributed by atoms with E-state index in [1.807, 2.05) is 0 Å². The minimum Gasteiger partial charge on any atom is -0.481 e. The van der Waals surface area contributed by atoms with Gasteiger partial charge in [0.05, 0.1) is 24.9 Å². The van der Waals surface area contributed by atoms with Crippen molar-refractivity contribution in [3.63, 3.8) is 0 Å². The Hall–Kier alpha value is -3.60. The molecule has 1 saturated heterocycles. The van der Waals surface area contributed by atoms with E-state index in [2.05, 4.69) is 19.9 Å². The molecule has 37 heavy (non-hydrogen) atoms. The van der Waals surface area contributed by atoms with Gasteiger partial charge in [-0.15, -0.1) is 0 Å². The van der Waals surface area contributed by atoms with Gasteiger partial charge in [0, 0.05) is 11.3 Å². The van der Waals surface area contributed by atoms with Gasteiger partial charge in [0.1, 0.15) is 24.1 Å². The number of hydrogen-bond donors (Lipinski definition) is 7. The van der Waals surface area contributed by atoms with Gasteiger partial charge in [0.15, 0.2) is 17.4 Å². The molecule has 0 bridgehead atoms. The molecular formula is C19H23N6O11P. The number of phosphoric ester groups is 1. The Morgan fingerprint density at radius 1 is 1.22 bits per heavy atom. The largest absolute Gasteiger partial charge is 0.527 e. The Bertz CT molecular complexity index is 1530. The number of aliphatic hydroxyl groups is 2. The number of nitrogen functional groups attached to an aromatic ring is 1. The van der Waals surface area contributed by atoms with Crippen LogP contribution in [0.15, 0.2) is 15.9 Å². The smallest absolute Gasteiger partial charge is 0.481 e. The van der Waals surface area contributed by atoms with Crippen LogP contribution < -0.4 is 21.4 Å². The van der Waals surface area contributed by atoms with Crippen LogP contribution in [0.5, 0.6) is 5.75 Å². The third-order valence-electron chi connectivity index (χ3n) is 5.74. The van der Waals surface area contributed by atoms with E-state index in [9.17, 15) is 34.1 Å². The molecule has 17 nitrogen and oxygen atoms in total. The molecule has 3 aromatic heterocycles. The van der Waals surface area contributed by atoms with E-state index >= 15 is 0 Å². The molecule has 1 unspecified atom stereocenters. The number of pyridine rings is 1. The average molecular weight is 542 g/mol. The van der Waals surface area contributed by atoms with Gasteiger partial charge in [-0.1, -0.05) is 0 Å². The number of fused-ring (bicyclic) bond motifs is 1. The quantitative estimate of drug-likeness (QED) is 0.159. The molecule has 4 rings (SSSR count). The van der Waals surface area contributed by atoms with Gasteiger partial charge in [0.2, 0.25) is 5.95 Å². The normalized spacial score (nSPS) is 23.3. The second kappa shape index (κ2) is 9.70. The molecule has 0 amide bonds. The lowest BCUT2D eigenvalue weighted by Gasteiger charge is -2.20. The number of ether oxygens (including phenoxy) is 1. The minimum absolute atomic E-state index is 0.0285. The Labute approximate surface area is 206 Å². The lowest BCUT2D eigenvalue weighted by atomic mass is 10.1. The fourth-order valence-corrected chi connectivity index (χ4v) is 4.74. The van der Waals surface area contributed by atoms with Crippen LogP contribution in [0.2, 0.25) is 0 Å². The fraction of sp³-hybridized carbons (Fsp3) is 0.421. The van der Waals surface area contributed by atoms with E-state index in [0.29, 0.717) is 0 Å². The van der Waals surface area contributed by atoms with Gasteiger partial charge in [0.25, 0.3) is 11.1 Å². The summed E-state index contributed by atoms with van der Waals surface area (Å²) in [6.07, 6.45) is -5.26. The molecule has 0 radical (unpaired) electrons. The number of nitrogens with zero attached hydrogens (tertiary/aromatic N) is 3. The highest BCUT2D eigenvalue weighted by Gasteiger charge is 2.45. The van der Waals surface area contributed by atoms with Gasteiger partial charge < -0.3 is 35.3 Å². The number of imidazole rings is 1. The number of nitrogens with one attached hydrogen (secondary N) is 2. The van der Waals surface area contributed by atoms with Gasteiger partial charge in [-0.3, -0.25) is 33.4 Å². The van der Waals surface area contributed by atoms with E-state index in [1.165, 1.54) is 13.8 Å². The lowest BCUT2D eigenvalue weighted by molar-refractivity contribution is -0.136. The standard InChI is InChI=1S/C19H23N6O11P/c1-6-8(3-10(26)27)22-16(30)7(2)14(6)36-37(32,33)34-4-9-12(28)13(29)18(35-9)25-5-21-11-15(25)23-19(20)24-17(11)31/h5,9,12-13,18,28-29H,3-4H2,1-2H3,(H,22,30)(H,26,27)(H,32,33)(H3,20,23,24,31)/t9-,12-,13-,18-/m1/s1. The molecule has 4 heterocycles. The van der Waals surface area contributed by atoms with Crippen LogP contribution in [-0.2, 0) is 25.0 Å². The summed E-state index contributed by atoms with van der Waals surface area (Å²) in [6, 6.07) is 0. The Morgan fingerprint density at radius 2 is 1.92 bits per heavy atom. The first-order chi connectivity index (χ1) is 17.3. The number of aromatic nitrogens is 5. The van der Waals surface area contributed by atoms with E-state index in [1.54, 1.807) is 0 Å². The summed E-state index contributed by atoms with van der Waals surface area (Å²) in [4.78, 5) is 57.9. The Kier molecular flexibility index (Phi) is 6.93. The van der Waals surface area contributed by atoms with Crippen molar-refractivity contribution in [1.82, 2.24) is 24.5 Å². The number of hydrogen-bond acceptors (Lipinski definition) is 12. The molecule has 0 spiro atoms. The number of carbonyl (C=O) groups is 1. The van der Waals surface area contributed by atoms with Crippen molar-refractivity contribution in [2.45, 2.75) is 44.8 Å². The first-order valence-corrected chi connectivity index (χ1v) is 12.1. The predicted molar refractivity (Wildman–Crippen MR) is 123 cm³/mol. The molecule has 5 atom stereocenters. The van der Waals surface area contributed by atoms with Crippen LogP contribution in [0, 0.1) is 13.8 Å². The SMILES string of the molecule is Cc1c(CC(=O)O)[nH]c(=O)c(C)c1OP(=O)(O)OC[C@H]1O[C@@H](n2cnc3c(=O)[nH]c(N)nc32)[C@H](O)[C@@H]1O. The number of aliphatic hydroxyl groups excluding tert-OH is 2. The second-order valence-corrected chi connectivity index (χ2v) is 9.64. The Balaban J connectivity index is 1.51. The summed E-state index contributed by atoms with van der Waals surface area (Å²) in [6.45, 7) is 1.95. The first-order valence-electron chi connectivity index (χ1n) is 10.6. The van der Waals surface area contributed by atoms with Crippen molar-refractivity contribution in [3.8, 4) is 5.75 Å². The zero-order valence-corrected chi connectivity index (χ0v) is 20.2. The van der Waals surface area contributed by atoms with Crippen LogP contribution in [0.3, 0.4) is 0 Å². The Morgan fingerprint density at radius 3 is 2.59 bits per heavy atom. The number of carboxylic acid groups (broad SMARTS) is 1. The topological polar surface area (TPSA) is 265 Å².